The normalized spacial score (nSPS) is 10.6. The van der Waals surface area contributed by atoms with Crippen molar-refractivity contribution in [1.29, 1.82) is 0 Å². The molecule has 1 aromatic heterocycles. The van der Waals surface area contributed by atoms with E-state index in [-0.39, 0.29) is 5.91 Å². The van der Waals surface area contributed by atoms with E-state index in [0.29, 0.717) is 11.3 Å². The zero-order valence-corrected chi connectivity index (χ0v) is 11.8. The van der Waals surface area contributed by atoms with E-state index in [2.05, 4.69) is 9.97 Å². The molecule has 3 rings (SSSR count). The van der Waals surface area contributed by atoms with Gasteiger partial charge in [-0.3, -0.25) is 4.79 Å². The maximum atomic E-state index is 12.5. The van der Waals surface area contributed by atoms with Crippen LogP contribution in [0.4, 0.5) is 5.69 Å². The molecule has 106 valence electrons. The Morgan fingerprint density at radius 2 is 2.10 bits per heavy atom. The van der Waals surface area contributed by atoms with E-state index in [9.17, 15) is 4.79 Å². The second-order valence-electron chi connectivity index (χ2n) is 4.70. The predicted octanol–water partition coefficient (Wildman–Crippen LogP) is 2.85. The number of fused-ring (bicyclic) bond motifs is 1. The van der Waals surface area contributed by atoms with Gasteiger partial charge in [-0.15, -0.1) is 0 Å². The number of nitrogens with one attached hydrogen (secondary N) is 1. The molecular formula is C16H15N3O2. The Kier molecular flexibility index (Phi) is 3.31. The number of carbonyl (C=O) groups excluding carboxylic acids is 1. The molecule has 5 heteroatoms. The number of benzene rings is 2. The molecule has 0 fully saturated rings. The summed E-state index contributed by atoms with van der Waals surface area (Å²) < 4.78 is 5.15. The molecule has 0 spiro atoms. The van der Waals surface area contributed by atoms with Crippen LogP contribution in [0.2, 0.25) is 0 Å². The molecule has 0 unspecified atom stereocenters. The Morgan fingerprint density at radius 3 is 2.90 bits per heavy atom. The summed E-state index contributed by atoms with van der Waals surface area (Å²) in [6.07, 6.45) is 1.64. The van der Waals surface area contributed by atoms with Gasteiger partial charge in [0.25, 0.3) is 5.91 Å². The minimum Gasteiger partial charge on any atom is -0.497 e. The molecule has 0 saturated heterocycles. The van der Waals surface area contributed by atoms with Gasteiger partial charge in [0.2, 0.25) is 0 Å². The van der Waals surface area contributed by atoms with Gasteiger partial charge >= 0.3 is 0 Å². The summed E-state index contributed by atoms with van der Waals surface area (Å²) >= 11 is 0. The summed E-state index contributed by atoms with van der Waals surface area (Å²) in [5, 5.41) is 0. The fourth-order valence-electron chi connectivity index (χ4n) is 2.20. The molecular weight excluding hydrogens is 266 g/mol. The van der Waals surface area contributed by atoms with E-state index in [0.717, 1.165) is 16.7 Å². The highest BCUT2D eigenvalue weighted by atomic mass is 16.5. The van der Waals surface area contributed by atoms with Crippen molar-refractivity contribution < 1.29 is 9.53 Å². The van der Waals surface area contributed by atoms with Crippen LogP contribution in [0.15, 0.2) is 48.8 Å². The van der Waals surface area contributed by atoms with Crippen LogP contribution in [-0.4, -0.2) is 30.0 Å². The van der Waals surface area contributed by atoms with Gasteiger partial charge in [-0.25, -0.2) is 4.98 Å². The predicted molar refractivity (Wildman–Crippen MR) is 81.8 cm³/mol. The van der Waals surface area contributed by atoms with Gasteiger partial charge in [0.1, 0.15) is 5.75 Å². The van der Waals surface area contributed by atoms with E-state index < -0.39 is 0 Å². The number of aromatic amines is 1. The third kappa shape index (κ3) is 2.45. The van der Waals surface area contributed by atoms with Crippen LogP contribution < -0.4 is 9.64 Å². The number of nitrogens with zero attached hydrogens (tertiary/aromatic N) is 2. The Morgan fingerprint density at radius 1 is 1.24 bits per heavy atom. The number of amides is 1. The first-order chi connectivity index (χ1) is 10.2. The van der Waals surface area contributed by atoms with Gasteiger partial charge in [0.05, 0.1) is 24.5 Å². The number of carbonyl (C=O) groups is 1. The molecule has 0 radical (unpaired) electrons. The lowest BCUT2D eigenvalue weighted by atomic mass is 10.1. The summed E-state index contributed by atoms with van der Waals surface area (Å²) in [7, 11) is 3.33. The lowest BCUT2D eigenvalue weighted by molar-refractivity contribution is 0.0992. The van der Waals surface area contributed by atoms with Gasteiger partial charge in [0, 0.05) is 18.3 Å². The number of ether oxygens (including phenoxy) is 1. The monoisotopic (exact) mass is 281 g/mol. The van der Waals surface area contributed by atoms with Crippen molar-refractivity contribution in [3.8, 4) is 5.75 Å². The van der Waals surface area contributed by atoms with Crippen LogP contribution in [0.25, 0.3) is 11.0 Å². The lowest BCUT2D eigenvalue weighted by Crippen LogP contribution is -2.26. The molecule has 21 heavy (non-hydrogen) atoms. The molecule has 1 heterocycles. The van der Waals surface area contributed by atoms with Gasteiger partial charge in [-0.2, -0.15) is 0 Å². The highest BCUT2D eigenvalue weighted by Crippen LogP contribution is 2.21. The van der Waals surface area contributed by atoms with Crippen molar-refractivity contribution in [3.63, 3.8) is 0 Å². The Balaban J connectivity index is 1.92. The van der Waals surface area contributed by atoms with E-state index in [1.54, 1.807) is 43.6 Å². The molecule has 1 N–H and O–H groups in total. The smallest absolute Gasteiger partial charge is 0.258 e. The largest absolute Gasteiger partial charge is 0.497 e. The molecule has 0 aliphatic heterocycles. The average molecular weight is 281 g/mol. The number of methoxy groups -OCH3 is 1. The molecule has 5 nitrogen and oxygen atoms in total. The number of imidazole rings is 1. The second kappa shape index (κ2) is 5.28. The number of hydrogen-bond acceptors (Lipinski definition) is 3. The van der Waals surface area contributed by atoms with Crippen molar-refractivity contribution in [3.05, 3.63) is 54.4 Å². The maximum Gasteiger partial charge on any atom is 0.258 e. The summed E-state index contributed by atoms with van der Waals surface area (Å²) in [6.45, 7) is 0. The van der Waals surface area contributed by atoms with Crippen LogP contribution >= 0.6 is 0 Å². The number of aromatic nitrogens is 2. The first-order valence-electron chi connectivity index (χ1n) is 6.54. The molecule has 0 saturated carbocycles. The van der Waals surface area contributed by atoms with Crippen LogP contribution in [0.5, 0.6) is 5.75 Å². The number of anilines is 1. The quantitative estimate of drug-likeness (QED) is 0.803. The number of hydrogen-bond donors (Lipinski definition) is 1. The molecule has 2 aromatic carbocycles. The summed E-state index contributed by atoms with van der Waals surface area (Å²) in [5.74, 6) is 0.575. The highest BCUT2D eigenvalue weighted by molar-refractivity contribution is 6.06. The third-order valence-corrected chi connectivity index (χ3v) is 3.41. The molecule has 0 atom stereocenters. The van der Waals surface area contributed by atoms with Crippen LogP contribution in [0.1, 0.15) is 10.4 Å². The van der Waals surface area contributed by atoms with Crippen molar-refractivity contribution in [2.45, 2.75) is 0 Å². The fraction of sp³-hybridized carbons (Fsp3) is 0.125. The summed E-state index contributed by atoms with van der Waals surface area (Å²) in [4.78, 5) is 21.4. The van der Waals surface area contributed by atoms with Gasteiger partial charge in [0.15, 0.2) is 0 Å². The maximum absolute atomic E-state index is 12.5. The fourth-order valence-corrected chi connectivity index (χ4v) is 2.20. The minimum absolute atomic E-state index is 0.0900. The SMILES string of the molecule is COc1cccc(C(=O)N(C)c2ccc3nc[nH]c3c2)c1. The minimum atomic E-state index is -0.0900. The summed E-state index contributed by atoms with van der Waals surface area (Å²) in [5.41, 5.74) is 3.17. The third-order valence-electron chi connectivity index (χ3n) is 3.41. The number of rotatable bonds is 3. The van der Waals surface area contributed by atoms with Crippen LogP contribution in [0, 0.1) is 0 Å². The average Bonchev–Trinajstić information content (AvgIpc) is 3.01. The molecule has 0 aliphatic rings. The zero-order valence-electron chi connectivity index (χ0n) is 11.8. The Hall–Kier alpha value is -2.82. The highest BCUT2D eigenvalue weighted by Gasteiger charge is 2.14. The van der Waals surface area contributed by atoms with E-state index in [1.807, 2.05) is 24.3 Å². The molecule has 3 aromatic rings. The zero-order chi connectivity index (χ0) is 14.8. The molecule has 1 amide bonds. The Labute approximate surface area is 122 Å². The van der Waals surface area contributed by atoms with Crippen LogP contribution in [-0.2, 0) is 0 Å². The van der Waals surface area contributed by atoms with E-state index >= 15 is 0 Å². The van der Waals surface area contributed by atoms with Gasteiger partial charge < -0.3 is 14.6 Å². The van der Waals surface area contributed by atoms with Crippen molar-refractivity contribution in [2.24, 2.45) is 0 Å². The standard InChI is InChI=1S/C16H15N3O2/c1-19(12-6-7-14-15(9-12)18-10-17-14)16(20)11-4-3-5-13(8-11)21-2/h3-10H,1-2H3,(H,17,18). The van der Waals surface area contributed by atoms with Crippen molar-refractivity contribution in [2.75, 3.05) is 19.1 Å². The second-order valence-corrected chi connectivity index (χ2v) is 4.70. The first kappa shape index (κ1) is 13.2. The van der Waals surface area contributed by atoms with Gasteiger partial charge in [-0.05, 0) is 36.4 Å². The summed E-state index contributed by atoms with van der Waals surface area (Å²) in [6, 6.07) is 12.8. The number of H-pyrrole nitrogens is 1. The van der Waals surface area contributed by atoms with E-state index in [4.69, 9.17) is 4.74 Å². The van der Waals surface area contributed by atoms with E-state index in [1.165, 1.54) is 0 Å². The molecule has 0 bridgehead atoms. The lowest BCUT2D eigenvalue weighted by Gasteiger charge is -2.17. The van der Waals surface area contributed by atoms with Crippen molar-refractivity contribution in [1.82, 2.24) is 9.97 Å². The Bertz CT molecular complexity index is 795. The van der Waals surface area contributed by atoms with Crippen LogP contribution in [0.3, 0.4) is 0 Å². The van der Waals surface area contributed by atoms with Crippen molar-refractivity contribution >= 4 is 22.6 Å². The topological polar surface area (TPSA) is 58.2 Å². The first-order valence-corrected chi connectivity index (χ1v) is 6.54. The van der Waals surface area contributed by atoms with Gasteiger partial charge in [-0.1, -0.05) is 6.07 Å². The molecule has 0 aliphatic carbocycles.